The van der Waals surface area contributed by atoms with Crippen molar-refractivity contribution in [3.8, 4) is 0 Å². The fourth-order valence-electron chi connectivity index (χ4n) is 1.75. The zero-order chi connectivity index (χ0) is 12.1. The summed E-state index contributed by atoms with van der Waals surface area (Å²) in [5, 5.41) is 13.4. The molecule has 0 aliphatic carbocycles. The van der Waals surface area contributed by atoms with Crippen molar-refractivity contribution >= 4 is 0 Å². The van der Waals surface area contributed by atoms with Gasteiger partial charge in [-0.2, -0.15) is 5.10 Å². The van der Waals surface area contributed by atoms with Gasteiger partial charge in [0.15, 0.2) is 0 Å². The third-order valence-electron chi connectivity index (χ3n) is 2.87. The van der Waals surface area contributed by atoms with Gasteiger partial charge >= 0.3 is 0 Å². The number of aromatic nitrogens is 2. The topological polar surface area (TPSA) is 41.3 Å². The van der Waals surface area contributed by atoms with Gasteiger partial charge in [-0.25, -0.2) is 0 Å². The van der Waals surface area contributed by atoms with Gasteiger partial charge in [-0.1, -0.05) is 6.92 Å². The summed E-state index contributed by atoms with van der Waals surface area (Å²) in [5.74, 6) is 0. The van der Waals surface area contributed by atoms with E-state index in [4.69, 9.17) is 5.11 Å². The number of aliphatic hydroxyl groups excluding tert-OH is 1. The second kappa shape index (κ2) is 6.01. The molecule has 0 saturated heterocycles. The zero-order valence-electron chi connectivity index (χ0n) is 10.8. The molecule has 4 nitrogen and oxygen atoms in total. The van der Waals surface area contributed by atoms with E-state index in [9.17, 15) is 0 Å². The monoisotopic (exact) mass is 225 g/mol. The molecule has 4 heteroatoms. The Labute approximate surface area is 97.9 Å². The SMILES string of the molecule is CCc1cc(CN(CCO)C(C)C)n(C)n1. The fraction of sp³-hybridized carbons (Fsp3) is 0.750. The molecule has 1 N–H and O–H groups in total. The third-order valence-corrected chi connectivity index (χ3v) is 2.87. The van der Waals surface area contributed by atoms with Crippen molar-refractivity contribution < 1.29 is 5.11 Å². The van der Waals surface area contributed by atoms with Crippen molar-refractivity contribution in [2.45, 2.75) is 39.8 Å². The molecule has 92 valence electrons. The summed E-state index contributed by atoms with van der Waals surface area (Å²) in [4.78, 5) is 2.25. The van der Waals surface area contributed by atoms with E-state index < -0.39 is 0 Å². The summed E-state index contributed by atoms with van der Waals surface area (Å²) < 4.78 is 1.94. The Balaban J connectivity index is 2.72. The van der Waals surface area contributed by atoms with Crippen LogP contribution < -0.4 is 0 Å². The molecule has 0 saturated carbocycles. The van der Waals surface area contributed by atoms with Gasteiger partial charge in [0.05, 0.1) is 18.0 Å². The minimum atomic E-state index is 0.205. The van der Waals surface area contributed by atoms with E-state index in [1.807, 2.05) is 11.7 Å². The van der Waals surface area contributed by atoms with E-state index >= 15 is 0 Å². The summed E-state index contributed by atoms with van der Waals surface area (Å²) in [6.45, 7) is 8.17. The van der Waals surface area contributed by atoms with Gasteiger partial charge in [-0.3, -0.25) is 9.58 Å². The van der Waals surface area contributed by atoms with Crippen molar-refractivity contribution in [2.24, 2.45) is 7.05 Å². The molecule has 0 unspecified atom stereocenters. The van der Waals surface area contributed by atoms with Gasteiger partial charge in [0.2, 0.25) is 0 Å². The summed E-state index contributed by atoms with van der Waals surface area (Å²) >= 11 is 0. The van der Waals surface area contributed by atoms with Crippen LogP contribution in [0.25, 0.3) is 0 Å². The van der Waals surface area contributed by atoms with E-state index in [2.05, 4.69) is 36.8 Å². The predicted molar refractivity (Wildman–Crippen MR) is 65.2 cm³/mol. The first-order chi connectivity index (χ1) is 7.58. The number of hydrogen-bond acceptors (Lipinski definition) is 3. The Hall–Kier alpha value is -0.870. The van der Waals surface area contributed by atoms with Crippen LogP contribution in [-0.2, 0) is 20.0 Å². The van der Waals surface area contributed by atoms with Crippen molar-refractivity contribution in [1.29, 1.82) is 0 Å². The number of aliphatic hydroxyl groups is 1. The highest BCUT2D eigenvalue weighted by Gasteiger charge is 2.12. The highest BCUT2D eigenvalue weighted by molar-refractivity contribution is 5.10. The average Bonchev–Trinajstić information content (AvgIpc) is 2.59. The molecule has 1 aromatic rings. The number of rotatable bonds is 6. The van der Waals surface area contributed by atoms with Gasteiger partial charge in [0, 0.05) is 26.2 Å². The van der Waals surface area contributed by atoms with Crippen LogP contribution in [0.1, 0.15) is 32.2 Å². The first-order valence-electron chi connectivity index (χ1n) is 5.95. The third kappa shape index (κ3) is 3.32. The van der Waals surface area contributed by atoms with Crippen LogP contribution in [0.2, 0.25) is 0 Å². The van der Waals surface area contributed by atoms with Crippen molar-refractivity contribution in [3.63, 3.8) is 0 Å². The van der Waals surface area contributed by atoms with Gasteiger partial charge < -0.3 is 5.11 Å². The van der Waals surface area contributed by atoms with Gasteiger partial charge in [0.1, 0.15) is 0 Å². The number of aryl methyl sites for hydroxylation is 2. The molecule has 1 heterocycles. The Bertz CT molecular complexity index is 320. The maximum absolute atomic E-state index is 9.02. The maximum Gasteiger partial charge on any atom is 0.0625 e. The predicted octanol–water partition coefficient (Wildman–Crippen LogP) is 1.19. The molecule has 0 aliphatic heterocycles. The molecule has 0 fully saturated rings. The smallest absolute Gasteiger partial charge is 0.0625 e. The largest absolute Gasteiger partial charge is 0.395 e. The maximum atomic E-state index is 9.02. The second-order valence-electron chi connectivity index (χ2n) is 4.39. The lowest BCUT2D eigenvalue weighted by atomic mass is 10.2. The van der Waals surface area contributed by atoms with Crippen LogP contribution in [0, 0.1) is 0 Å². The Morgan fingerprint density at radius 3 is 2.62 bits per heavy atom. The van der Waals surface area contributed by atoms with E-state index in [0.717, 1.165) is 18.7 Å². The summed E-state index contributed by atoms with van der Waals surface area (Å²) in [6, 6.07) is 2.58. The number of nitrogens with zero attached hydrogens (tertiary/aromatic N) is 3. The van der Waals surface area contributed by atoms with E-state index in [-0.39, 0.29) is 6.61 Å². The first kappa shape index (κ1) is 13.2. The molecule has 0 radical (unpaired) electrons. The molecule has 0 bridgehead atoms. The summed E-state index contributed by atoms with van der Waals surface area (Å²) in [5.41, 5.74) is 2.34. The van der Waals surface area contributed by atoms with Crippen LogP contribution in [-0.4, -0.2) is 39.0 Å². The molecule has 0 atom stereocenters. The Kier molecular flexibility index (Phi) is 4.96. The fourth-order valence-corrected chi connectivity index (χ4v) is 1.75. The minimum Gasteiger partial charge on any atom is -0.395 e. The van der Waals surface area contributed by atoms with Crippen LogP contribution in [0.15, 0.2) is 6.07 Å². The second-order valence-corrected chi connectivity index (χ2v) is 4.39. The molecular weight excluding hydrogens is 202 g/mol. The lowest BCUT2D eigenvalue weighted by molar-refractivity contribution is 0.156. The standard InChI is InChI=1S/C12H23N3O/c1-5-11-8-12(14(4)13-11)9-15(6-7-16)10(2)3/h8,10,16H,5-7,9H2,1-4H3. The van der Waals surface area contributed by atoms with Crippen molar-refractivity contribution in [2.75, 3.05) is 13.2 Å². The van der Waals surface area contributed by atoms with Gasteiger partial charge in [0.25, 0.3) is 0 Å². The van der Waals surface area contributed by atoms with Gasteiger partial charge in [-0.15, -0.1) is 0 Å². The van der Waals surface area contributed by atoms with Crippen LogP contribution >= 0.6 is 0 Å². The lowest BCUT2D eigenvalue weighted by Gasteiger charge is -2.25. The minimum absolute atomic E-state index is 0.205. The van der Waals surface area contributed by atoms with E-state index in [1.54, 1.807) is 0 Å². The molecule has 16 heavy (non-hydrogen) atoms. The zero-order valence-corrected chi connectivity index (χ0v) is 10.8. The summed E-state index contributed by atoms with van der Waals surface area (Å²) in [6.07, 6.45) is 0.968. The molecule has 1 rings (SSSR count). The van der Waals surface area contributed by atoms with Crippen LogP contribution in [0.3, 0.4) is 0 Å². The van der Waals surface area contributed by atoms with Crippen molar-refractivity contribution in [3.05, 3.63) is 17.5 Å². The molecule has 1 aromatic heterocycles. The average molecular weight is 225 g/mol. The van der Waals surface area contributed by atoms with Gasteiger partial charge in [-0.05, 0) is 26.3 Å². The Morgan fingerprint density at radius 2 is 2.19 bits per heavy atom. The summed E-state index contributed by atoms with van der Waals surface area (Å²) in [7, 11) is 1.98. The molecule has 0 spiro atoms. The molecular formula is C12H23N3O. The highest BCUT2D eigenvalue weighted by atomic mass is 16.3. The van der Waals surface area contributed by atoms with E-state index in [1.165, 1.54) is 5.69 Å². The molecule has 0 aliphatic rings. The quantitative estimate of drug-likeness (QED) is 0.790. The Morgan fingerprint density at radius 1 is 1.50 bits per heavy atom. The molecule has 0 aromatic carbocycles. The van der Waals surface area contributed by atoms with E-state index in [0.29, 0.717) is 12.6 Å². The number of hydrogen-bond donors (Lipinski definition) is 1. The normalized spacial score (nSPS) is 11.7. The van der Waals surface area contributed by atoms with Crippen molar-refractivity contribution in [1.82, 2.24) is 14.7 Å². The van der Waals surface area contributed by atoms with Crippen LogP contribution in [0.5, 0.6) is 0 Å². The highest BCUT2D eigenvalue weighted by Crippen LogP contribution is 2.09. The first-order valence-corrected chi connectivity index (χ1v) is 5.95. The lowest BCUT2D eigenvalue weighted by Crippen LogP contribution is -2.33. The molecule has 0 amide bonds. The van der Waals surface area contributed by atoms with Crippen LogP contribution in [0.4, 0.5) is 0 Å².